The van der Waals surface area contributed by atoms with Crippen LogP contribution in [0.4, 0.5) is 14.6 Å². The molecule has 2 atom stereocenters. The first kappa shape index (κ1) is 9.43. The van der Waals surface area contributed by atoms with Gasteiger partial charge in [-0.1, -0.05) is 0 Å². The number of fused-ring (bicyclic) bond motifs is 1. The maximum atomic E-state index is 12.7. The Morgan fingerprint density at radius 1 is 1.64 bits per heavy atom. The van der Waals surface area contributed by atoms with Crippen LogP contribution in [-0.4, -0.2) is 22.2 Å². The summed E-state index contributed by atoms with van der Waals surface area (Å²) < 4.78 is 26.8. The highest BCUT2D eigenvalue weighted by molar-refractivity contribution is 5.45. The van der Waals surface area contributed by atoms with Crippen LogP contribution < -0.4 is 5.32 Å². The lowest BCUT2D eigenvalue weighted by Gasteiger charge is -2.30. The molecule has 2 heterocycles. The predicted octanol–water partition coefficient (Wildman–Crippen LogP) is 2.20. The second-order valence-electron chi connectivity index (χ2n) is 3.80. The number of aromatic nitrogens is 2. The van der Waals surface area contributed by atoms with E-state index in [9.17, 15) is 8.78 Å². The minimum absolute atomic E-state index is 0.0805. The zero-order valence-electron chi connectivity index (χ0n) is 8.17. The van der Waals surface area contributed by atoms with E-state index in [0.717, 1.165) is 11.4 Å². The largest absolute Gasteiger partial charge is 0.368 e. The monoisotopic (exact) mass is 201 g/mol. The van der Waals surface area contributed by atoms with Gasteiger partial charge in [0.1, 0.15) is 11.9 Å². The van der Waals surface area contributed by atoms with Crippen molar-refractivity contribution in [3.63, 3.8) is 0 Å². The lowest BCUT2D eigenvalue weighted by Crippen LogP contribution is -2.33. The van der Waals surface area contributed by atoms with Gasteiger partial charge < -0.3 is 5.32 Å². The van der Waals surface area contributed by atoms with Crippen LogP contribution >= 0.6 is 0 Å². The molecular weight excluding hydrogens is 188 g/mol. The average Bonchev–Trinajstić information content (AvgIpc) is 2.47. The van der Waals surface area contributed by atoms with E-state index < -0.39 is 12.5 Å². The van der Waals surface area contributed by atoms with Crippen molar-refractivity contribution in [2.75, 3.05) is 5.32 Å². The first-order valence-electron chi connectivity index (χ1n) is 4.68. The third kappa shape index (κ3) is 1.36. The Kier molecular flexibility index (Phi) is 2.17. The van der Waals surface area contributed by atoms with Crippen molar-refractivity contribution in [3.05, 3.63) is 11.8 Å². The quantitative estimate of drug-likeness (QED) is 0.754. The fourth-order valence-corrected chi connectivity index (χ4v) is 1.84. The smallest absolute Gasteiger partial charge is 0.260 e. The van der Waals surface area contributed by atoms with Gasteiger partial charge in [-0.05, 0) is 20.3 Å². The summed E-state index contributed by atoms with van der Waals surface area (Å²) in [6.07, 6.45) is -0.306. The Morgan fingerprint density at radius 3 is 3.00 bits per heavy atom. The number of nitrogens with zero attached hydrogens (tertiary/aromatic N) is 2. The zero-order valence-corrected chi connectivity index (χ0v) is 8.17. The molecule has 14 heavy (non-hydrogen) atoms. The fraction of sp³-hybridized carbons (Fsp3) is 0.667. The van der Waals surface area contributed by atoms with Crippen LogP contribution in [0, 0.1) is 6.92 Å². The molecule has 1 aliphatic rings. The van der Waals surface area contributed by atoms with Gasteiger partial charge in [0.05, 0.1) is 6.20 Å². The van der Waals surface area contributed by atoms with E-state index in [-0.39, 0.29) is 6.04 Å². The van der Waals surface area contributed by atoms with Crippen LogP contribution in [0.15, 0.2) is 6.20 Å². The van der Waals surface area contributed by atoms with Crippen molar-refractivity contribution in [2.45, 2.75) is 38.8 Å². The van der Waals surface area contributed by atoms with E-state index >= 15 is 0 Å². The second-order valence-corrected chi connectivity index (χ2v) is 3.80. The van der Waals surface area contributed by atoms with Gasteiger partial charge in [0.15, 0.2) is 0 Å². The Morgan fingerprint density at radius 2 is 2.36 bits per heavy atom. The summed E-state index contributed by atoms with van der Waals surface area (Å²) in [6, 6.07) is -0.702. The van der Waals surface area contributed by atoms with Crippen molar-refractivity contribution >= 4 is 5.82 Å². The molecule has 0 spiro atoms. The number of rotatable bonds is 1. The van der Waals surface area contributed by atoms with Gasteiger partial charge in [0, 0.05) is 11.6 Å². The third-order valence-corrected chi connectivity index (χ3v) is 2.56. The summed E-state index contributed by atoms with van der Waals surface area (Å²) in [5.74, 6) is 0.731. The SMILES string of the molecule is Cc1cnn2c1NC(C)CC2C(F)F. The van der Waals surface area contributed by atoms with Crippen molar-refractivity contribution in [1.29, 1.82) is 0 Å². The molecular formula is C9H13F2N3. The van der Waals surface area contributed by atoms with Crippen LogP contribution in [0.1, 0.15) is 24.9 Å². The molecule has 0 aromatic carbocycles. The molecule has 0 saturated heterocycles. The molecule has 0 bridgehead atoms. The van der Waals surface area contributed by atoms with Gasteiger partial charge in [-0.15, -0.1) is 0 Å². The molecule has 1 aromatic heterocycles. The molecule has 0 fully saturated rings. The molecule has 1 N–H and O–H groups in total. The Hall–Kier alpha value is -1.13. The maximum absolute atomic E-state index is 12.7. The average molecular weight is 201 g/mol. The second kappa shape index (κ2) is 3.22. The highest BCUT2D eigenvalue weighted by Gasteiger charge is 2.32. The zero-order chi connectivity index (χ0) is 10.3. The number of nitrogens with one attached hydrogen (secondary N) is 1. The summed E-state index contributed by atoms with van der Waals surface area (Å²) in [6.45, 7) is 3.78. The summed E-state index contributed by atoms with van der Waals surface area (Å²) >= 11 is 0. The minimum Gasteiger partial charge on any atom is -0.368 e. The van der Waals surface area contributed by atoms with E-state index in [0.29, 0.717) is 6.42 Å². The highest BCUT2D eigenvalue weighted by atomic mass is 19.3. The Bertz CT molecular complexity index is 335. The van der Waals surface area contributed by atoms with Crippen molar-refractivity contribution in [1.82, 2.24) is 9.78 Å². The molecule has 0 aliphatic carbocycles. The number of hydrogen-bond acceptors (Lipinski definition) is 2. The topological polar surface area (TPSA) is 29.9 Å². The molecule has 1 aliphatic heterocycles. The standard InChI is InChI=1S/C9H13F2N3/c1-5-4-12-14-7(8(10)11)3-6(2)13-9(5)14/h4,6-8,13H,3H2,1-2H3. The Labute approximate surface area is 81.1 Å². The highest BCUT2D eigenvalue weighted by Crippen LogP contribution is 2.32. The summed E-state index contributed by atoms with van der Waals surface area (Å²) in [4.78, 5) is 0. The van der Waals surface area contributed by atoms with E-state index in [2.05, 4.69) is 10.4 Å². The molecule has 78 valence electrons. The van der Waals surface area contributed by atoms with E-state index in [1.807, 2.05) is 13.8 Å². The summed E-state index contributed by atoms with van der Waals surface area (Å²) in [5.41, 5.74) is 0.919. The fourth-order valence-electron chi connectivity index (χ4n) is 1.84. The van der Waals surface area contributed by atoms with Crippen LogP contribution in [0.3, 0.4) is 0 Å². The van der Waals surface area contributed by atoms with Crippen molar-refractivity contribution < 1.29 is 8.78 Å². The van der Waals surface area contributed by atoms with Gasteiger partial charge in [0.25, 0.3) is 6.43 Å². The molecule has 0 amide bonds. The molecule has 2 unspecified atom stereocenters. The van der Waals surface area contributed by atoms with Gasteiger partial charge in [-0.3, -0.25) is 0 Å². The summed E-state index contributed by atoms with van der Waals surface area (Å²) in [5, 5.41) is 7.13. The first-order chi connectivity index (χ1) is 6.59. The summed E-state index contributed by atoms with van der Waals surface area (Å²) in [7, 11) is 0. The number of halogens is 2. The number of hydrogen-bond donors (Lipinski definition) is 1. The van der Waals surface area contributed by atoms with Crippen LogP contribution in [0.25, 0.3) is 0 Å². The lowest BCUT2D eigenvalue weighted by molar-refractivity contribution is 0.0668. The molecule has 1 aromatic rings. The third-order valence-electron chi connectivity index (χ3n) is 2.56. The van der Waals surface area contributed by atoms with E-state index in [1.54, 1.807) is 6.20 Å². The van der Waals surface area contributed by atoms with Crippen LogP contribution in [0.5, 0.6) is 0 Å². The minimum atomic E-state index is -2.35. The van der Waals surface area contributed by atoms with E-state index in [1.165, 1.54) is 4.68 Å². The maximum Gasteiger partial charge on any atom is 0.260 e. The van der Waals surface area contributed by atoms with Crippen LogP contribution in [-0.2, 0) is 0 Å². The predicted molar refractivity (Wildman–Crippen MR) is 49.7 cm³/mol. The van der Waals surface area contributed by atoms with Gasteiger partial charge in [-0.2, -0.15) is 5.10 Å². The van der Waals surface area contributed by atoms with Gasteiger partial charge >= 0.3 is 0 Å². The molecule has 3 nitrogen and oxygen atoms in total. The normalized spacial score (nSPS) is 26.1. The lowest BCUT2D eigenvalue weighted by atomic mass is 10.1. The van der Waals surface area contributed by atoms with Crippen molar-refractivity contribution in [3.8, 4) is 0 Å². The Balaban J connectivity index is 2.39. The molecule has 0 radical (unpaired) electrons. The molecule has 5 heteroatoms. The molecule has 0 saturated carbocycles. The van der Waals surface area contributed by atoms with E-state index in [4.69, 9.17) is 0 Å². The van der Waals surface area contributed by atoms with Crippen LogP contribution in [0.2, 0.25) is 0 Å². The van der Waals surface area contributed by atoms with Crippen molar-refractivity contribution in [2.24, 2.45) is 0 Å². The van der Waals surface area contributed by atoms with Gasteiger partial charge in [0.2, 0.25) is 0 Å². The first-order valence-corrected chi connectivity index (χ1v) is 4.68. The molecule has 2 rings (SSSR count). The number of aryl methyl sites for hydroxylation is 1. The number of alkyl halides is 2. The van der Waals surface area contributed by atoms with Gasteiger partial charge in [-0.25, -0.2) is 13.5 Å². The number of anilines is 1.